The van der Waals surface area contributed by atoms with Crippen LogP contribution < -0.4 is 4.74 Å². The number of nitrogens with zero attached hydrogens (tertiary/aromatic N) is 1. The molecule has 0 unspecified atom stereocenters. The van der Waals surface area contributed by atoms with Crippen LogP contribution in [0.3, 0.4) is 0 Å². The van der Waals surface area contributed by atoms with E-state index in [1.165, 1.54) is 26.0 Å². The molecule has 0 saturated heterocycles. The second-order valence-electron chi connectivity index (χ2n) is 3.10. The zero-order valence-electron chi connectivity index (χ0n) is 8.72. The lowest BCUT2D eigenvalue weighted by atomic mass is 10.1. The molecular formula is C10H9NO5. The molecule has 84 valence electrons. The Morgan fingerprint density at radius 2 is 2.12 bits per heavy atom. The van der Waals surface area contributed by atoms with Gasteiger partial charge in [-0.05, 0) is 19.1 Å². The van der Waals surface area contributed by atoms with Crippen LogP contribution in [-0.2, 0) is 4.79 Å². The molecule has 0 aliphatic carbocycles. The Bertz CT molecular complexity index is 467. The number of ether oxygens (including phenoxy) is 1. The Morgan fingerprint density at radius 3 is 2.56 bits per heavy atom. The second kappa shape index (κ2) is 4.52. The van der Waals surface area contributed by atoms with Gasteiger partial charge in [0.05, 0.1) is 16.1 Å². The lowest BCUT2D eigenvalue weighted by Gasteiger charge is -2.06. The third-order valence-electron chi connectivity index (χ3n) is 1.98. The van der Waals surface area contributed by atoms with Crippen LogP contribution in [-0.4, -0.2) is 17.2 Å². The molecule has 6 nitrogen and oxygen atoms in total. The van der Waals surface area contributed by atoms with Crippen molar-refractivity contribution in [3.8, 4) is 5.75 Å². The number of rotatable bonds is 3. The predicted octanol–water partition coefficient (Wildman–Crippen LogP) is 1.64. The Morgan fingerprint density at radius 1 is 1.50 bits per heavy atom. The minimum atomic E-state index is -0.675. The molecule has 1 aromatic carbocycles. The van der Waals surface area contributed by atoms with Gasteiger partial charge in [0.2, 0.25) is 0 Å². The fourth-order valence-corrected chi connectivity index (χ4v) is 1.31. The van der Waals surface area contributed by atoms with Gasteiger partial charge in [0, 0.05) is 6.92 Å². The first kappa shape index (κ1) is 11.8. The molecule has 0 spiro atoms. The highest BCUT2D eigenvalue weighted by Crippen LogP contribution is 2.30. The minimum Gasteiger partial charge on any atom is -0.426 e. The molecule has 1 aromatic rings. The van der Waals surface area contributed by atoms with Crippen molar-refractivity contribution in [2.24, 2.45) is 0 Å². The molecule has 1 rings (SSSR count). The van der Waals surface area contributed by atoms with Crippen LogP contribution in [0.4, 0.5) is 5.69 Å². The van der Waals surface area contributed by atoms with Crippen molar-refractivity contribution < 1.29 is 19.2 Å². The standard InChI is InChI=1S/C10H9NO5/c1-6-9(16-7(2)13)4-3-8(5-12)10(6)11(14)15/h3-5H,1-2H3. The highest BCUT2D eigenvalue weighted by molar-refractivity contribution is 5.84. The van der Waals surface area contributed by atoms with Crippen molar-refractivity contribution >= 4 is 17.9 Å². The van der Waals surface area contributed by atoms with Crippen molar-refractivity contribution in [1.82, 2.24) is 0 Å². The Kier molecular flexibility index (Phi) is 3.34. The number of carbonyl (C=O) groups is 2. The summed E-state index contributed by atoms with van der Waals surface area (Å²) in [5.41, 5.74) is -0.225. The first-order valence-corrected chi connectivity index (χ1v) is 4.39. The molecule has 6 heteroatoms. The number of hydrogen-bond donors (Lipinski definition) is 0. The van der Waals surface area contributed by atoms with Gasteiger partial charge in [0.15, 0.2) is 6.29 Å². The summed E-state index contributed by atoms with van der Waals surface area (Å²) >= 11 is 0. The number of benzene rings is 1. The maximum Gasteiger partial charge on any atom is 0.308 e. The van der Waals surface area contributed by atoms with Gasteiger partial charge in [-0.25, -0.2) is 0 Å². The average molecular weight is 223 g/mol. The summed E-state index contributed by atoms with van der Waals surface area (Å²) in [5.74, 6) is -0.485. The summed E-state index contributed by atoms with van der Waals surface area (Å²) in [6.45, 7) is 2.61. The predicted molar refractivity (Wildman–Crippen MR) is 54.5 cm³/mol. The first-order chi connectivity index (χ1) is 7.47. The Labute approximate surface area is 91.0 Å². The van der Waals surface area contributed by atoms with E-state index in [0.29, 0.717) is 6.29 Å². The summed E-state index contributed by atoms with van der Waals surface area (Å²) in [6, 6.07) is 2.60. The van der Waals surface area contributed by atoms with E-state index >= 15 is 0 Å². The summed E-state index contributed by atoms with van der Waals surface area (Å²) in [4.78, 5) is 31.4. The van der Waals surface area contributed by atoms with Gasteiger partial charge in [-0.15, -0.1) is 0 Å². The lowest BCUT2D eigenvalue weighted by molar-refractivity contribution is -0.385. The molecule has 0 N–H and O–H groups in total. The van der Waals surface area contributed by atoms with Gasteiger partial charge in [-0.1, -0.05) is 0 Å². The number of nitro groups is 1. The van der Waals surface area contributed by atoms with Crippen LogP contribution in [0.1, 0.15) is 22.8 Å². The Hall–Kier alpha value is -2.24. The van der Waals surface area contributed by atoms with E-state index in [2.05, 4.69) is 0 Å². The van der Waals surface area contributed by atoms with Gasteiger partial charge >= 0.3 is 5.97 Å². The first-order valence-electron chi connectivity index (χ1n) is 4.39. The largest absolute Gasteiger partial charge is 0.426 e. The molecular weight excluding hydrogens is 214 g/mol. The molecule has 0 heterocycles. The van der Waals surface area contributed by atoms with Crippen LogP contribution in [0.5, 0.6) is 5.75 Å². The van der Waals surface area contributed by atoms with Gasteiger partial charge in [-0.2, -0.15) is 0 Å². The highest BCUT2D eigenvalue weighted by atomic mass is 16.6. The third-order valence-corrected chi connectivity index (χ3v) is 1.98. The number of carbonyl (C=O) groups excluding carboxylic acids is 2. The molecule has 0 aliphatic heterocycles. The quantitative estimate of drug-likeness (QED) is 0.255. The molecule has 0 fully saturated rings. The highest BCUT2D eigenvalue weighted by Gasteiger charge is 2.21. The SMILES string of the molecule is CC(=O)Oc1ccc(C=O)c([N+](=O)[O-])c1C. The minimum absolute atomic E-state index is 0.0431. The normalized spacial score (nSPS) is 9.62. The zero-order chi connectivity index (χ0) is 12.3. The van der Waals surface area contributed by atoms with Gasteiger partial charge in [0.1, 0.15) is 5.75 Å². The fourth-order valence-electron chi connectivity index (χ4n) is 1.31. The van der Waals surface area contributed by atoms with Crippen LogP contribution in [0.25, 0.3) is 0 Å². The summed E-state index contributed by atoms with van der Waals surface area (Å²) in [6.07, 6.45) is 0.392. The lowest BCUT2D eigenvalue weighted by Crippen LogP contribution is -2.05. The molecule has 0 aliphatic rings. The van der Waals surface area contributed by atoms with Gasteiger partial charge in [0.25, 0.3) is 5.69 Å². The molecule has 0 atom stereocenters. The average Bonchev–Trinajstić information content (AvgIpc) is 2.19. The zero-order valence-corrected chi connectivity index (χ0v) is 8.72. The number of esters is 1. The molecule has 0 amide bonds. The van der Waals surface area contributed by atoms with E-state index in [4.69, 9.17) is 4.74 Å². The molecule has 0 bridgehead atoms. The maximum atomic E-state index is 10.7. The van der Waals surface area contributed by atoms with Crippen molar-refractivity contribution in [2.75, 3.05) is 0 Å². The summed E-state index contributed by atoms with van der Waals surface area (Å²) in [5, 5.41) is 10.7. The van der Waals surface area contributed by atoms with E-state index in [9.17, 15) is 19.7 Å². The number of aldehydes is 1. The second-order valence-corrected chi connectivity index (χ2v) is 3.10. The molecule has 0 aromatic heterocycles. The van der Waals surface area contributed by atoms with Crippen molar-refractivity contribution in [1.29, 1.82) is 0 Å². The number of hydrogen-bond acceptors (Lipinski definition) is 5. The molecule has 0 radical (unpaired) electrons. The van der Waals surface area contributed by atoms with E-state index in [-0.39, 0.29) is 22.6 Å². The van der Waals surface area contributed by atoms with Gasteiger partial charge < -0.3 is 4.74 Å². The van der Waals surface area contributed by atoms with E-state index in [0.717, 1.165) is 0 Å². The van der Waals surface area contributed by atoms with Gasteiger partial charge in [-0.3, -0.25) is 19.7 Å². The molecule has 16 heavy (non-hydrogen) atoms. The van der Waals surface area contributed by atoms with Crippen LogP contribution >= 0.6 is 0 Å². The van der Waals surface area contributed by atoms with E-state index in [1.807, 2.05) is 0 Å². The van der Waals surface area contributed by atoms with Crippen molar-refractivity contribution in [3.63, 3.8) is 0 Å². The molecule has 0 saturated carbocycles. The topological polar surface area (TPSA) is 86.5 Å². The monoisotopic (exact) mass is 223 g/mol. The van der Waals surface area contributed by atoms with Crippen molar-refractivity contribution in [3.05, 3.63) is 33.4 Å². The maximum absolute atomic E-state index is 10.7. The Balaban J connectivity index is 3.37. The smallest absolute Gasteiger partial charge is 0.308 e. The summed E-state index contributed by atoms with van der Waals surface area (Å²) < 4.78 is 4.78. The van der Waals surface area contributed by atoms with E-state index in [1.54, 1.807) is 0 Å². The van der Waals surface area contributed by atoms with Crippen LogP contribution in [0.2, 0.25) is 0 Å². The fraction of sp³-hybridized carbons (Fsp3) is 0.200. The third kappa shape index (κ3) is 2.22. The van der Waals surface area contributed by atoms with Crippen LogP contribution in [0.15, 0.2) is 12.1 Å². The van der Waals surface area contributed by atoms with Crippen molar-refractivity contribution in [2.45, 2.75) is 13.8 Å². The van der Waals surface area contributed by atoms with E-state index < -0.39 is 10.9 Å². The number of nitro benzene ring substituents is 1. The summed E-state index contributed by atoms with van der Waals surface area (Å²) in [7, 11) is 0. The van der Waals surface area contributed by atoms with Crippen LogP contribution in [0, 0.1) is 17.0 Å².